The number of aryl methyl sites for hydroxylation is 2. The van der Waals surface area contributed by atoms with Gasteiger partial charge in [-0.15, -0.1) is 6.58 Å². The Bertz CT molecular complexity index is 1700. The lowest BCUT2D eigenvalue weighted by Gasteiger charge is -2.25. The van der Waals surface area contributed by atoms with Crippen molar-refractivity contribution in [3.63, 3.8) is 0 Å². The zero-order valence-electron chi connectivity index (χ0n) is 29.8. The maximum absolute atomic E-state index is 11.2. The first-order valence-corrected chi connectivity index (χ1v) is 17.4. The zero-order chi connectivity index (χ0) is 35.2. The minimum atomic E-state index is -0.309. The highest BCUT2D eigenvalue weighted by atomic mass is 16.5. The summed E-state index contributed by atoms with van der Waals surface area (Å²) in [6.45, 7) is 15.5. The summed E-state index contributed by atoms with van der Waals surface area (Å²) in [6, 6.07) is 17.7. The van der Waals surface area contributed by atoms with Gasteiger partial charge in [0.15, 0.2) is 0 Å². The molecular formula is C40H53N5O4. The van der Waals surface area contributed by atoms with Gasteiger partial charge in [-0.05, 0) is 98.2 Å². The van der Waals surface area contributed by atoms with E-state index < -0.39 is 0 Å². The number of anilines is 1. The van der Waals surface area contributed by atoms with Gasteiger partial charge in [0.25, 0.3) is 6.47 Å². The number of rotatable bonds is 22. The average molecular weight is 668 g/mol. The molecule has 0 saturated heterocycles. The molecule has 9 nitrogen and oxygen atoms in total. The molecule has 1 atom stereocenters. The maximum atomic E-state index is 11.2. The molecule has 49 heavy (non-hydrogen) atoms. The first kappa shape index (κ1) is 37.4. The predicted octanol–water partition coefficient (Wildman–Crippen LogP) is 7.79. The van der Waals surface area contributed by atoms with E-state index in [4.69, 9.17) is 14.5 Å². The number of unbranched alkanes of at least 4 members (excludes halogenated alkanes) is 3. The van der Waals surface area contributed by atoms with Crippen LogP contribution in [0.2, 0.25) is 0 Å². The number of benzene rings is 2. The van der Waals surface area contributed by atoms with Gasteiger partial charge in [-0.1, -0.05) is 44.9 Å². The molecule has 4 rings (SSSR count). The van der Waals surface area contributed by atoms with Crippen LogP contribution in [0.1, 0.15) is 76.3 Å². The van der Waals surface area contributed by atoms with Crippen molar-refractivity contribution in [1.29, 1.82) is 0 Å². The summed E-state index contributed by atoms with van der Waals surface area (Å²) in [6.07, 6.45) is 10.2. The van der Waals surface area contributed by atoms with Gasteiger partial charge in [-0.2, -0.15) is 0 Å². The second-order valence-corrected chi connectivity index (χ2v) is 13.3. The van der Waals surface area contributed by atoms with Crippen LogP contribution >= 0.6 is 0 Å². The van der Waals surface area contributed by atoms with Gasteiger partial charge in [-0.25, -0.2) is 5.43 Å². The lowest BCUT2D eigenvalue weighted by Crippen LogP contribution is -2.30. The molecule has 0 aliphatic carbocycles. The molecule has 262 valence electrons. The van der Waals surface area contributed by atoms with E-state index in [1.165, 1.54) is 16.5 Å². The molecule has 1 unspecified atom stereocenters. The van der Waals surface area contributed by atoms with Crippen molar-refractivity contribution >= 4 is 29.5 Å². The molecule has 3 N–H and O–H groups in total. The molecular weight excluding hydrogens is 614 g/mol. The van der Waals surface area contributed by atoms with E-state index in [2.05, 4.69) is 90.6 Å². The Morgan fingerprint density at radius 2 is 1.86 bits per heavy atom. The van der Waals surface area contributed by atoms with Crippen molar-refractivity contribution in [3.8, 4) is 22.4 Å². The minimum Gasteiger partial charge on any atom is -0.467 e. The second-order valence-electron chi connectivity index (χ2n) is 13.3. The standard InChI is InChI=1S/C40H53N5O4/c1-7-18-41-33-22-30(14-11-9-10-12-20-43-44-27-46)21-32(23-33)31-16-17-37-35(24-31)36(25-40(4,5)26-49-28-47)39(45(37)8-2)34-15-13-19-42-38(34)29(3)48-6/h7,13,15-17,19,21-24,27-29,41,43H,1,8-12,14,18,20,25-26H2,2-6H3,(H,44,46). The number of ether oxygens (including phenoxy) is 2. The quantitative estimate of drug-likeness (QED) is 0.0340. The van der Waals surface area contributed by atoms with Crippen molar-refractivity contribution in [2.75, 3.05) is 32.1 Å². The number of nitrogens with zero attached hydrogens (tertiary/aromatic N) is 2. The Kier molecular flexibility index (Phi) is 14.0. The molecule has 0 saturated carbocycles. The molecule has 2 heterocycles. The number of hydrogen-bond acceptors (Lipinski definition) is 7. The van der Waals surface area contributed by atoms with Crippen LogP contribution in [-0.4, -0.2) is 49.2 Å². The number of amides is 1. The van der Waals surface area contributed by atoms with Crippen molar-refractivity contribution < 1.29 is 19.1 Å². The van der Waals surface area contributed by atoms with Crippen LogP contribution in [0.3, 0.4) is 0 Å². The molecule has 2 aromatic heterocycles. The van der Waals surface area contributed by atoms with Gasteiger partial charge in [0.1, 0.15) is 0 Å². The van der Waals surface area contributed by atoms with Crippen molar-refractivity contribution in [1.82, 2.24) is 20.4 Å². The number of nitrogens with one attached hydrogen (secondary N) is 3. The van der Waals surface area contributed by atoms with Crippen LogP contribution < -0.4 is 16.2 Å². The second kappa shape index (κ2) is 18.3. The number of carbonyl (C=O) groups is 2. The van der Waals surface area contributed by atoms with E-state index in [0.717, 1.165) is 84.5 Å². The Hall–Kier alpha value is -4.47. The van der Waals surface area contributed by atoms with Gasteiger partial charge in [0, 0.05) is 60.5 Å². The van der Waals surface area contributed by atoms with E-state index in [9.17, 15) is 9.59 Å². The van der Waals surface area contributed by atoms with Crippen LogP contribution in [0.25, 0.3) is 33.3 Å². The summed E-state index contributed by atoms with van der Waals surface area (Å²) in [7, 11) is 1.71. The molecule has 9 heteroatoms. The van der Waals surface area contributed by atoms with Crippen LogP contribution in [0.4, 0.5) is 5.69 Å². The Balaban J connectivity index is 1.80. The normalized spacial score (nSPS) is 12.1. The smallest absolute Gasteiger partial charge is 0.293 e. The molecule has 0 aliphatic rings. The highest BCUT2D eigenvalue weighted by Crippen LogP contribution is 2.42. The molecule has 0 bridgehead atoms. The van der Waals surface area contributed by atoms with Gasteiger partial charge in [0.05, 0.1) is 24.1 Å². The summed E-state index contributed by atoms with van der Waals surface area (Å²) in [5.74, 6) is 0. The Morgan fingerprint density at radius 3 is 2.59 bits per heavy atom. The molecule has 0 aliphatic heterocycles. The number of aromatic nitrogens is 2. The monoisotopic (exact) mass is 667 g/mol. The average Bonchev–Trinajstić information content (AvgIpc) is 3.41. The van der Waals surface area contributed by atoms with E-state index in [1.54, 1.807) is 7.11 Å². The topological polar surface area (TPSA) is 107 Å². The van der Waals surface area contributed by atoms with Crippen molar-refractivity contribution in [2.45, 2.75) is 78.9 Å². The molecule has 2 aromatic carbocycles. The molecule has 0 fully saturated rings. The predicted molar refractivity (Wildman–Crippen MR) is 199 cm³/mol. The molecule has 0 radical (unpaired) electrons. The first-order chi connectivity index (χ1) is 23.8. The number of fused-ring (bicyclic) bond motifs is 1. The lowest BCUT2D eigenvalue weighted by molar-refractivity contribution is -0.131. The summed E-state index contributed by atoms with van der Waals surface area (Å²) in [5.41, 5.74) is 15.2. The van der Waals surface area contributed by atoms with Gasteiger partial charge < -0.3 is 19.4 Å². The van der Waals surface area contributed by atoms with Crippen molar-refractivity contribution in [3.05, 3.63) is 84.2 Å². The third kappa shape index (κ3) is 9.80. The molecule has 4 aromatic rings. The number of hydrogen-bond donors (Lipinski definition) is 3. The summed E-state index contributed by atoms with van der Waals surface area (Å²) in [4.78, 5) is 26.4. The third-order valence-electron chi connectivity index (χ3n) is 8.97. The molecule has 0 spiro atoms. The minimum absolute atomic E-state index is 0.185. The third-order valence-corrected chi connectivity index (χ3v) is 8.97. The van der Waals surface area contributed by atoms with Gasteiger partial charge >= 0.3 is 0 Å². The van der Waals surface area contributed by atoms with Crippen molar-refractivity contribution in [2.24, 2.45) is 5.41 Å². The summed E-state index contributed by atoms with van der Waals surface area (Å²) >= 11 is 0. The maximum Gasteiger partial charge on any atom is 0.293 e. The summed E-state index contributed by atoms with van der Waals surface area (Å²) in [5, 5.41) is 4.69. The van der Waals surface area contributed by atoms with Gasteiger partial charge in [-0.3, -0.25) is 20.0 Å². The van der Waals surface area contributed by atoms with Gasteiger partial charge in [0.2, 0.25) is 6.41 Å². The van der Waals surface area contributed by atoms with E-state index in [1.807, 2.05) is 25.3 Å². The Morgan fingerprint density at radius 1 is 1.04 bits per heavy atom. The van der Waals surface area contributed by atoms with Crippen LogP contribution in [0, 0.1) is 5.41 Å². The number of hydrazine groups is 1. The first-order valence-electron chi connectivity index (χ1n) is 17.4. The lowest BCUT2D eigenvalue weighted by atomic mass is 9.84. The van der Waals surface area contributed by atoms with E-state index in [0.29, 0.717) is 32.5 Å². The number of carbonyl (C=O) groups excluding carboxylic acids is 2. The molecule has 1 amide bonds. The van der Waals surface area contributed by atoms with Crippen LogP contribution in [0.5, 0.6) is 0 Å². The van der Waals surface area contributed by atoms with E-state index in [-0.39, 0.29) is 11.5 Å². The zero-order valence-corrected chi connectivity index (χ0v) is 29.8. The fourth-order valence-electron chi connectivity index (χ4n) is 6.57. The van der Waals surface area contributed by atoms with E-state index >= 15 is 0 Å². The largest absolute Gasteiger partial charge is 0.467 e. The summed E-state index contributed by atoms with van der Waals surface area (Å²) < 4.78 is 13.5. The SMILES string of the molecule is C=CCNc1cc(CCCCCCNNC=O)cc(-c2ccc3c(c2)c(CC(C)(C)COC=O)c(-c2cccnc2C(C)OC)n3CC)c1. The van der Waals surface area contributed by atoms with Crippen LogP contribution in [-0.2, 0) is 38.4 Å². The highest BCUT2D eigenvalue weighted by molar-refractivity contribution is 5.95. The Labute approximate surface area is 291 Å². The van der Waals surface area contributed by atoms with Crippen LogP contribution in [0.15, 0.2) is 67.4 Å². The highest BCUT2D eigenvalue weighted by Gasteiger charge is 2.28. The fourth-order valence-corrected chi connectivity index (χ4v) is 6.57. The fraction of sp³-hybridized carbons (Fsp3) is 0.425. The number of methoxy groups -OCH3 is 1. The number of pyridine rings is 1.